The first-order valence-corrected chi connectivity index (χ1v) is 3.98. The molecule has 0 radical (unpaired) electrons. The highest BCUT2D eigenvalue weighted by Gasteiger charge is 2.12. The van der Waals surface area contributed by atoms with E-state index in [1.54, 1.807) is 0 Å². The Bertz CT molecular complexity index is 95.4. The predicted octanol–water partition coefficient (Wildman–Crippen LogP) is 1.53. The Morgan fingerprint density at radius 2 is 2.40 bits per heavy atom. The van der Waals surface area contributed by atoms with E-state index < -0.39 is 0 Å². The molecule has 0 bridgehead atoms. The van der Waals surface area contributed by atoms with Crippen molar-refractivity contribution in [3.63, 3.8) is 0 Å². The van der Waals surface area contributed by atoms with E-state index in [9.17, 15) is 4.79 Å². The summed E-state index contributed by atoms with van der Waals surface area (Å²) in [4.78, 5) is 9.99. The highest BCUT2D eigenvalue weighted by Crippen LogP contribution is 2.15. The van der Waals surface area contributed by atoms with E-state index in [1.807, 2.05) is 0 Å². The van der Waals surface area contributed by atoms with Gasteiger partial charge in [-0.05, 0) is 25.7 Å². The number of carbonyl (C=O) groups is 1. The van der Waals surface area contributed by atoms with Crippen LogP contribution in [0.25, 0.3) is 0 Å². The maximum Gasteiger partial charge on any atom is 0.120 e. The fourth-order valence-electron chi connectivity index (χ4n) is 1.29. The average molecular weight is 142 g/mol. The minimum Gasteiger partial charge on any atom is -0.378 e. The monoisotopic (exact) mass is 142 g/mol. The summed E-state index contributed by atoms with van der Waals surface area (Å²) in [6.07, 6.45) is 6.53. The van der Waals surface area contributed by atoms with Crippen molar-refractivity contribution < 1.29 is 9.53 Å². The van der Waals surface area contributed by atoms with Gasteiger partial charge in [-0.25, -0.2) is 0 Å². The number of ether oxygens (including phenoxy) is 1. The fourth-order valence-corrected chi connectivity index (χ4v) is 1.29. The third-order valence-electron chi connectivity index (χ3n) is 1.88. The zero-order chi connectivity index (χ0) is 7.23. The maximum absolute atomic E-state index is 9.99. The summed E-state index contributed by atoms with van der Waals surface area (Å²) in [5, 5.41) is 0. The Labute approximate surface area is 61.6 Å². The molecule has 0 aromatic carbocycles. The Balaban J connectivity index is 2.07. The van der Waals surface area contributed by atoms with Crippen LogP contribution >= 0.6 is 0 Å². The molecule has 1 heterocycles. The van der Waals surface area contributed by atoms with Crippen LogP contribution in [-0.2, 0) is 9.53 Å². The van der Waals surface area contributed by atoms with Gasteiger partial charge in [0.2, 0.25) is 0 Å². The van der Waals surface area contributed by atoms with Crippen molar-refractivity contribution in [1.82, 2.24) is 0 Å². The van der Waals surface area contributed by atoms with Crippen LogP contribution in [0.15, 0.2) is 0 Å². The number of rotatable bonds is 3. The molecule has 10 heavy (non-hydrogen) atoms. The molecule has 1 atom stereocenters. The highest BCUT2D eigenvalue weighted by molar-refractivity contribution is 5.49. The molecule has 58 valence electrons. The molecule has 1 aliphatic heterocycles. The highest BCUT2D eigenvalue weighted by atomic mass is 16.5. The SMILES string of the molecule is O=CCC[C@H]1CCCCO1. The summed E-state index contributed by atoms with van der Waals surface area (Å²) in [6.45, 7) is 0.892. The molecular formula is C8H14O2. The van der Waals surface area contributed by atoms with Gasteiger partial charge in [-0.1, -0.05) is 0 Å². The molecule has 0 N–H and O–H groups in total. The minimum absolute atomic E-state index is 0.374. The summed E-state index contributed by atoms with van der Waals surface area (Å²) in [6, 6.07) is 0. The topological polar surface area (TPSA) is 26.3 Å². The zero-order valence-electron chi connectivity index (χ0n) is 6.21. The second-order valence-corrected chi connectivity index (χ2v) is 2.73. The number of aldehydes is 1. The van der Waals surface area contributed by atoms with Crippen LogP contribution in [0, 0.1) is 0 Å². The lowest BCUT2D eigenvalue weighted by molar-refractivity contribution is -0.108. The lowest BCUT2D eigenvalue weighted by atomic mass is 10.1. The third-order valence-corrected chi connectivity index (χ3v) is 1.88. The van der Waals surface area contributed by atoms with E-state index in [0.717, 1.165) is 25.7 Å². The molecule has 0 amide bonds. The van der Waals surface area contributed by atoms with Crippen molar-refractivity contribution in [2.24, 2.45) is 0 Å². The molecule has 0 aliphatic carbocycles. The Hall–Kier alpha value is -0.370. The van der Waals surface area contributed by atoms with Crippen molar-refractivity contribution in [1.29, 1.82) is 0 Å². The molecule has 0 aromatic rings. The summed E-state index contributed by atoms with van der Waals surface area (Å²) in [7, 11) is 0. The summed E-state index contributed by atoms with van der Waals surface area (Å²) in [5.41, 5.74) is 0. The van der Waals surface area contributed by atoms with Crippen molar-refractivity contribution in [3.05, 3.63) is 0 Å². The molecule has 1 aliphatic rings. The van der Waals surface area contributed by atoms with Gasteiger partial charge in [0.05, 0.1) is 6.10 Å². The van der Waals surface area contributed by atoms with E-state index >= 15 is 0 Å². The number of hydrogen-bond acceptors (Lipinski definition) is 2. The molecule has 0 spiro atoms. The first-order chi connectivity index (χ1) is 4.93. The molecule has 0 aromatic heterocycles. The lowest BCUT2D eigenvalue weighted by Gasteiger charge is -2.21. The van der Waals surface area contributed by atoms with E-state index in [2.05, 4.69) is 0 Å². The lowest BCUT2D eigenvalue weighted by Crippen LogP contribution is -2.18. The van der Waals surface area contributed by atoms with E-state index in [-0.39, 0.29) is 0 Å². The van der Waals surface area contributed by atoms with Gasteiger partial charge in [0.25, 0.3) is 0 Å². The summed E-state index contributed by atoms with van der Waals surface area (Å²) >= 11 is 0. The fraction of sp³-hybridized carbons (Fsp3) is 0.875. The maximum atomic E-state index is 9.99. The average Bonchev–Trinajstić information content (AvgIpc) is 2.03. The standard InChI is InChI=1S/C8H14O2/c9-6-3-5-8-4-1-2-7-10-8/h6,8H,1-5,7H2/t8-/m1/s1. The van der Waals surface area contributed by atoms with Crippen LogP contribution in [0.5, 0.6) is 0 Å². The molecular weight excluding hydrogens is 128 g/mol. The van der Waals surface area contributed by atoms with Gasteiger partial charge in [0, 0.05) is 13.0 Å². The summed E-state index contributed by atoms with van der Waals surface area (Å²) < 4.78 is 5.42. The molecule has 1 fully saturated rings. The van der Waals surface area contributed by atoms with E-state index in [1.165, 1.54) is 12.8 Å². The molecule has 1 rings (SSSR count). The smallest absolute Gasteiger partial charge is 0.120 e. The van der Waals surface area contributed by atoms with E-state index in [0.29, 0.717) is 12.5 Å². The Morgan fingerprint density at radius 1 is 1.50 bits per heavy atom. The van der Waals surface area contributed by atoms with Crippen LogP contribution in [0.2, 0.25) is 0 Å². The summed E-state index contributed by atoms with van der Waals surface area (Å²) in [5.74, 6) is 0. The van der Waals surface area contributed by atoms with Crippen molar-refractivity contribution in [2.75, 3.05) is 6.61 Å². The minimum atomic E-state index is 0.374. The first kappa shape index (κ1) is 7.73. The van der Waals surface area contributed by atoms with Crippen molar-refractivity contribution >= 4 is 6.29 Å². The first-order valence-electron chi connectivity index (χ1n) is 3.98. The van der Waals surface area contributed by atoms with Gasteiger partial charge in [0.15, 0.2) is 0 Å². The van der Waals surface area contributed by atoms with Crippen molar-refractivity contribution in [2.45, 2.75) is 38.2 Å². The van der Waals surface area contributed by atoms with Gasteiger partial charge < -0.3 is 9.53 Å². The van der Waals surface area contributed by atoms with Gasteiger partial charge in [0.1, 0.15) is 6.29 Å². The number of carbonyl (C=O) groups excluding carboxylic acids is 1. The zero-order valence-corrected chi connectivity index (χ0v) is 6.21. The second-order valence-electron chi connectivity index (χ2n) is 2.73. The Kier molecular flexibility index (Phi) is 3.44. The van der Waals surface area contributed by atoms with E-state index in [4.69, 9.17) is 4.74 Å². The van der Waals surface area contributed by atoms with Crippen molar-refractivity contribution in [3.8, 4) is 0 Å². The van der Waals surface area contributed by atoms with Crippen LogP contribution in [0.1, 0.15) is 32.1 Å². The molecule has 2 nitrogen and oxygen atoms in total. The van der Waals surface area contributed by atoms with Gasteiger partial charge in [-0.15, -0.1) is 0 Å². The van der Waals surface area contributed by atoms with Gasteiger partial charge >= 0.3 is 0 Å². The Morgan fingerprint density at radius 3 is 3.00 bits per heavy atom. The van der Waals surface area contributed by atoms with Crippen LogP contribution in [0.4, 0.5) is 0 Å². The van der Waals surface area contributed by atoms with Crippen LogP contribution in [-0.4, -0.2) is 19.0 Å². The van der Waals surface area contributed by atoms with Gasteiger partial charge in [-0.3, -0.25) is 0 Å². The van der Waals surface area contributed by atoms with Gasteiger partial charge in [-0.2, -0.15) is 0 Å². The molecule has 2 heteroatoms. The predicted molar refractivity (Wildman–Crippen MR) is 38.9 cm³/mol. The third kappa shape index (κ3) is 2.48. The van der Waals surface area contributed by atoms with Crippen LogP contribution < -0.4 is 0 Å². The number of hydrogen-bond donors (Lipinski definition) is 0. The molecule has 0 saturated carbocycles. The normalized spacial score (nSPS) is 26.2. The largest absolute Gasteiger partial charge is 0.378 e. The van der Waals surface area contributed by atoms with Crippen LogP contribution in [0.3, 0.4) is 0 Å². The second kappa shape index (κ2) is 4.45. The molecule has 1 saturated heterocycles. The molecule has 0 unspecified atom stereocenters. The quantitative estimate of drug-likeness (QED) is 0.559.